The highest BCUT2D eigenvalue weighted by Crippen LogP contribution is 2.32. The molecule has 2 aliphatic rings. The molecule has 1 aliphatic heterocycles. The van der Waals surface area contributed by atoms with Gasteiger partial charge in [0.15, 0.2) is 5.65 Å². The smallest absolute Gasteiger partial charge is 0.262 e. The maximum atomic E-state index is 13.0. The van der Waals surface area contributed by atoms with E-state index in [2.05, 4.69) is 14.9 Å². The molecule has 0 spiro atoms. The lowest BCUT2D eigenvalue weighted by Crippen LogP contribution is -2.36. The van der Waals surface area contributed by atoms with Crippen LogP contribution in [0.1, 0.15) is 44.3 Å². The van der Waals surface area contributed by atoms with Gasteiger partial charge in [-0.1, -0.05) is 19.8 Å². The van der Waals surface area contributed by atoms with Crippen molar-refractivity contribution in [1.82, 2.24) is 24.7 Å². The fourth-order valence-electron chi connectivity index (χ4n) is 4.43. The number of anilines is 1. The normalized spacial score (nSPS) is 18.0. The van der Waals surface area contributed by atoms with Crippen LogP contribution in [0.5, 0.6) is 0 Å². The molecular weight excluding hydrogens is 368 g/mol. The largest absolute Gasteiger partial charge is 0.378 e. The number of H-pyrrole nitrogens is 1. The third-order valence-corrected chi connectivity index (χ3v) is 5.99. The van der Waals surface area contributed by atoms with Crippen LogP contribution in [0.3, 0.4) is 0 Å². The van der Waals surface area contributed by atoms with Crippen molar-refractivity contribution in [2.75, 3.05) is 31.2 Å². The highest BCUT2D eigenvalue weighted by molar-refractivity contribution is 5.79. The molecule has 5 rings (SSSR count). The maximum Gasteiger partial charge on any atom is 0.262 e. The lowest BCUT2D eigenvalue weighted by molar-refractivity contribution is 0.122. The number of hydrogen-bond acceptors (Lipinski definition) is 6. The molecule has 3 aromatic heterocycles. The fourth-order valence-corrected chi connectivity index (χ4v) is 4.43. The minimum Gasteiger partial charge on any atom is -0.378 e. The Morgan fingerprint density at radius 2 is 2.03 bits per heavy atom. The highest BCUT2D eigenvalue weighted by Gasteiger charge is 2.24. The molecule has 8 heteroatoms. The number of hydrogen-bond donors (Lipinski definition) is 1. The fraction of sp³-hybridized carbons (Fsp3) is 0.524. The molecule has 0 radical (unpaired) electrons. The summed E-state index contributed by atoms with van der Waals surface area (Å²) in [5, 5.41) is 5.41. The number of aryl methyl sites for hydroxylation is 1. The number of nitrogens with zero attached hydrogens (tertiary/aromatic N) is 5. The molecule has 4 heterocycles. The second kappa shape index (κ2) is 7.59. The monoisotopic (exact) mass is 394 g/mol. The summed E-state index contributed by atoms with van der Waals surface area (Å²) in [6, 6.07) is 4.22. The van der Waals surface area contributed by atoms with Crippen molar-refractivity contribution in [1.29, 1.82) is 0 Å². The molecule has 0 aromatic carbocycles. The predicted octanol–water partition coefficient (Wildman–Crippen LogP) is 2.70. The van der Waals surface area contributed by atoms with E-state index in [0.29, 0.717) is 36.1 Å². The average molecular weight is 394 g/mol. The van der Waals surface area contributed by atoms with E-state index >= 15 is 0 Å². The first-order valence-electron chi connectivity index (χ1n) is 10.5. The molecule has 0 atom stereocenters. The van der Waals surface area contributed by atoms with Crippen LogP contribution in [0, 0.1) is 0 Å². The van der Waals surface area contributed by atoms with Gasteiger partial charge in [-0.05, 0) is 31.4 Å². The Labute approximate surface area is 168 Å². The first kappa shape index (κ1) is 18.3. The third-order valence-electron chi connectivity index (χ3n) is 5.99. The molecule has 152 valence electrons. The summed E-state index contributed by atoms with van der Waals surface area (Å²) in [5.41, 5.74) is 2.28. The van der Waals surface area contributed by atoms with E-state index in [0.717, 1.165) is 49.4 Å². The Hall–Kier alpha value is -2.74. The molecule has 8 nitrogen and oxygen atoms in total. The average Bonchev–Trinajstić information content (AvgIpc) is 3.42. The summed E-state index contributed by atoms with van der Waals surface area (Å²) in [6.45, 7) is 5.06. The zero-order chi connectivity index (χ0) is 19.8. The molecular formula is C21H26N6O2. The predicted molar refractivity (Wildman–Crippen MR) is 111 cm³/mol. The lowest BCUT2D eigenvalue weighted by atomic mass is 10.2. The van der Waals surface area contributed by atoms with Gasteiger partial charge in [0.25, 0.3) is 5.56 Å². The second-order valence-electron chi connectivity index (χ2n) is 7.80. The second-order valence-corrected chi connectivity index (χ2v) is 7.80. The quantitative estimate of drug-likeness (QED) is 0.732. The van der Waals surface area contributed by atoms with Crippen molar-refractivity contribution in [3.05, 3.63) is 34.4 Å². The first-order valence-corrected chi connectivity index (χ1v) is 10.5. The summed E-state index contributed by atoms with van der Waals surface area (Å²) < 4.78 is 7.44. The molecule has 1 N–H and O–H groups in total. The zero-order valence-electron chi connectivity index (χ0n) is 16.7. The number of pyridine rings is 1. The lowest BCUT2D eigenvalue weighted by Gasteiger charge is -2.27. The molecule has 1 saturated heterocycles. The summed E-state index contributed by atoms with van der Waals surface area (Å²) in [5.74, 6) is 1.45. The van der Waals surface area contributed by atoms with Gasteiger partial charge in [0.05, 0.1) is 24.9 Å². The summed E-state index contributed by atoms with van der Waals surface area (Å²) in [7, 11) is 0. The molecule has 3 aromatic rings. The van der Waals surface area contributed by atoms with Gasteiger partial charge in [-0.15, -0.1) is 0 Å². The summed E-state index contributed by atoms with van der Waals surface area (Å²) in [6.07, 6.45) is 7.10. The van der Waals surface area contributed by atoms with E-state index in [9.17, 15) is 4.79 Å². The van der Waals surface area contributed by atoms with Gasteiger partial charge in [0.1, 0.15) is 17.0 Å². The van der Waals surface area contributed by atoms with Crippen molar-refractivity contribution in [3.63, 3.8) is 0 Å². The van der Waals surface area contributed by atoms with Crippen LogP contribution in [0.15, 0.2) is 23.1 Å². The highest BCUT2D eigenvalue weighted by atomic mass is 16.5. The first-order chi connectivity index (χ1) is 14.2. The van der Waals surface area contributed by atoms with Crippen molar-refractivity contribution in [3.8, 4) is 11.4 Å². The van der Waals surface area contributed by atoms with Gasteiger partial charge in [0.2, 0.25) is 0 Å². The summed E-state index contributed by atoms with van der Waals surface area (Å²) in [4.78, 5) is 27.5. The van der Waals surface area contributed by atoms with Crippen molar-refractivity contribution in [2.24, 2.45) is 0 Å². The number of ether oxygens (including phenoxy) is 1. The van der Waals surface area contributed by atoms with E-state index < -0.39 is 0 Å². The molecule has 2 fully saturated rings. The van der Waals surface area contributed by atoms with Crippen molar-refractivity contribution in [2.45, 2.75) is 45.1 Å². The number of fused-ring (bicyclic) bond motifs is 1. The zero-order valence-corrected chi connectivity index (χ0v) is 16.7. The Kier molecular flexibility index (Phi) is 4.79. The van der Waals surface area contributed by atoms with Gasteiger partial charge in [-0.2, -0.15) is 5.10 Å². The van der Waals surface area contributed by atoms with Crippen LogP contribution < -0.4 is 10.5 Å². The molecule has 1 aliphatic carbocycles. The molecule has 0 amide bonds. The molecule has 1 saturated carbocycles. The molecule has 0 unspecified atom stereocenters. The van der Waals surface area contributed by atoms with Crippen LogP contribution in [0.2, 0.25) is 0 Å². The van der Waals surface area contributed by atoms with Gasteiger partial charge in [-0.25, -0.2) is 14.6 Å². The van der Waals surface area contributed by atoms with Crippen molar-refractivity contribution < 1.29 is 4.74 Å². The van der Waals surface area contributed by atoms with Gasteiger partial charge >= 0.3 is 0 Å². The van der Waals surface area contributed by atoms with E-state index in [1.54, 1.807) is 6.20 Å². The number of morpholine rings is 1. The van der Waals surface area contributed by atoms with Crippen LogP contribution in [0.4, 0.5) is 5.82 Å². The van der Waals surface area contributed by atoms with Crippen LogP contribution in [0.25, 0.3) is 22.4 Å². The summed E-state index contributed by atoms with van der Waals surface area (Å²) >= 11 is 0. The maximum absolute atomic E-state index is 13.0. The number of aromatic amines is 1. The SMILES string of the molecule is CCc1nn(C2CCCC2)c2nc(-c3ccnc(N4CCOCC4)c3)[nH]c(=O)c12. The standard InChI is InChI=1S/C21H26N6O2/c1-2-16-18-20(27(25-16)15-5-3-4-6-15)23-19(24-21(18)28)14-7-8-22-17(13-14)26-9-11-29-12-10-26/h7-8,13,15H,2-6,9-12H2,1H3,(H,23,24,28). The van der Waals surface area contributed by atoms with E-state index in [-0.39, 0.29) is 5.56 Å². The Morgan fingerprint density at radius 1 is 1.24 bits per heavy atom. The number of aromatic nitrogens is 5. The Bertz CT molecular complexity index is 1080. The van der Waals surface area contributed by atoms with E-state index in [1.165, 1.54) is 12.8 Å². The van der Waals surface area contributed by atoms with Gasteiger partial charge in [0, 0.05) is 24.8 Å². The van der Waals surface area contributed by atoms with E-state index in [1.807, 2.05) is 23.7 Å². The number of nitrogens with one attached hydrogen (secondary N) is 1. The third kappa shape index (κ3) is 3.31. The van der Waals surface area contributed by atoms with Crippen LogP contribution in [-0.4, -0.2) is 51.0 Å². The molecule has 29 heavy (non-hydrogen) atoms. The number of rotatable bonds is 4. The van der Waals surface area contributed by atoms with Crippen LogP contribution in [-0.2, 0) is 11.2 Å². The minimum atomic E-state index is -0.115. The topological polar surface area (TPSA) is 88.9 Å². The molecule has 0 bridgehead atoms. The van der Waals surface area contributed by atoms with Gasteiger partial charge < -0.3 is 14.6 Å². The van der Waals surface area contributed by atoms with Gasteiger partial charge in [-0.3, -0.25) is 4.79 Å². The Morgan fingerprint density at radius 3 is 2.79 bits per heavy atom. The van der Waals surface area contributed by atoms with Crippen molar-refractivity contribution >= 4 is 16.9 Å². The van der Waals surface area contributed by atoms with Crippen LogP contribution >= 0.6 is 0 Å². The minimum absolute atomic E-state index is 0.115. The Balaban J connectivity index is 1.60. The van der Waals surface area contributed by atoms with E-state index in [4.69, 9.17) is 14.8 Å².